The molecular weight excluding hydrogens is 248 g/mol. The van der Waals surface area contributed by atoms with Crippen LogP contribution in [0.2, 0.25) is 0 Å². The monoisotopic (exact) mass is 278 g/mol. The number of rotatable bonds is 2. The molecule has 0 aromatic carbocycles. The normalized spacial score (nSPS) is 36.8. The number of hydrogen-bond acceptors (Lipinski definition) is 2. The summed E-state index contributed by atoms with van der Waals surface area (Å²) in [4.78, 5) is 9.75. The molecular formula is C16H30N4. The number of hydrogen-bond donors (Lipinski definition) is 1. The Hall–Kier alpha value is -0.770. The summed E-state index contributed by atoms with van der Waals surface area (Å²) >= 11 is 0. The van der Waals surface area contributed by atoms with Crippen molar-refractivity contribution in [2.75, 3.05) is 26.2 Å². The van der Waals surface area contributed by atoms with Crippen molar-refractivity contribution in [3.05, 3.63) is 0 Å². The molecule has 4 nitrogen and oxygen atoms in total. The lowest BCUT2D eigenvalue weighted by molar-refractivity contribution is 0.0906. The van der Waals surface area contributed by atoms with Gasteiger partial charge in [-0.15, -0.1) is 0 Å². The molecule has 2 N–H and O–H groups in total. The Kier molecular flexibility index (Phi) is 4.49. The summed E-state index contributed by atoms with van der Waals surface area (Å²) < 4.78 is 0. The maximum Gasteiger partial charge on any atom is 0.191 e. The average molecular weight is 278 g/mol. The largest absolute Gasteiger partial charge is 0.370 e. The van der Waals surface area contributed by atoms with Crippen molar-refractivity contribution in [2.45, 2.75) is 64.0 Å². The summed E-state index contributed by atoms with van der Waals surface area (Å²) in [5.41, 5.74) is 6.21. The summed E-state index contributed by atoms with van der Waals surface area (Å²) in [5, 5.41) is 0. The van der Waals surface area contributed by atoms with E-state index in [1.807, 2.05) is 0 Å². The highest BCUT2D eigenvalue weighted by Gasteiger charge is 2.34. The van der Waals surface area contributed by atoms with E-state index in [0.29, 0.717) is 6.04 Å². The number of nitrogens with two attached hydrogens (primary N) is 1. The van der Waals surface area contributed by atoms with Crippen LogP contribution in [0.15, 0.2) is 4.99 Å². The van der Waals surface area contributed by atoms with Crippen molar-refractivity contribution < 1.29 is 0 Å². The van der Waals surface area contributed by atoms with Crippen LogP contribution in [0.25, 0.3) is 0 Å². The van der Waals surface area contributed by atoms with Crippen molar-refractivity contribution >= 4 is 5.96 Å². The first-order chi connectivity index (χ1) is 9.72. The van der Waals surface area contributed by atoms with E-state index in [0.717, 1.165) is 31.0 Å². The molecule has 0 radical (unpaired) electrons. The number of nitrogens with zero attached hydrogens (tertiary/aromatic N) is 3. The Labute approximate surface area is 123 Å². The van der Waals surface area contributed by atoms with E-state index in [4.69, 9.17) is 10.7 Å². The van der Waals surface area contributed by atoms with E-state index in [-0.39, 0.29) is 0 Å². The van der Waals surface area contributed by atoms with E-state index in [1.165, 1.54) is 58.0 Å². The molecule has 0 amide bonds. The minimum absolute atomic E-state index is 0.485. The van der Waals surface area contributed by atoms with Gasteiger partial charge in [0, 0.05) is 19.1 Å². The Morgan fingerprint density at radius 3 is 2.50 bits per heavy atom. The summed E-state index contributed by atoms with van der Waals surface area (Å²) in [7, 11) is 0. The zero-order valence-electron chi connectivity index (χ0n) is 12.9. The molecule has 2 saturated heterocycles. The highest BCUT2D eigenvalue weighted by molar-refractivity contribution is 5.78. The van der Waals surface area contributed by atoms with Crippen molar-refractivity contribution in [1.82, 2.24) is 9.80 Å². The third-order valence-electron chi connectivity index (χ3n) is 5.29. The Bertz CT molecular complexity index is 342. The van der Waals surface area contributed by atoms with Gasteiger partial charge in [0.1, 0.15) is 0 Å². The maximum atomic E-state index is 6.21. The fourth-order valence-electron chi connectivity index (χ4n) is 3.91. The zero-order valence-corrected chi connectivity index (χ0v) is 12.9. The molecule has 0 aromatic rings. The Balaban J connectivity index is 1.45. The van der Waals surface area contributed by atoms with E-state index in [2.05, 4.69) is 16.7 Å². The van der Waals surface area contributed by atoms with Gasteiger partial charge in [0.2, 0.25) is 0 Å². The van der Waals surface area contributed by atoms with Crippen LogP contribution in [0.3, 0.4) is 0 Å². The first-order valence-corrected chi connectivity index (χ1v) is 8.54. The average Bonchev–Trinajstić information content (AvgIpc) is 2.43. The molecule has 2 aliphatic heterocycles. The maximum absolute atomic E-state index is 6.21. The molecule has 0 aromatic heterocycles. The highest BCUT2D eigenvalue weighted by Crippen LogP contribution is 2.30. The SMILES string of the molecule is CC1CCCN(C(N)=NC2CC(N3CCCCC3)C2)C1. The van der Waals surface area contributed by atoms with E-state index in [9.17, 15) is 0 Å². The minimum Gasteiger partial charge on any atom is -0.370 e. The molecule has 1 aliphatic carbocycles. The van der Waals surface area contributed by atoms with E-state index in [1.54, 1.807) is 0 Å². The van der Waals surface area contributed by atoms with Gasteiger partial charge in [-0.05, 0) is 57.5 Å². The van der Waals surface area contributed by atoms with Crippen LogP contribution in [0.1, 0.15) is 51.9 Å². The minimum atomic E-state index is 0.485. The van der Waals surface area contributed by atoms with Gasteiger partial charge in [0.05, 0.1) is 6.04 Å². The van der Waals surface area contributed by atoms with E-state index < -0.39 is 0 Å². The van der Waals surface area contributed by atoms with Crippen LogP contribution in [-0.2, 0) is 0 Å². The van der Waals surface area contributed by atoms with Gasteiger partial charge >= 0.3 is 0 Å². The number of piperidine rings is 2. The van der Waals surface area contributed by atoms with Crippen molar-refractivity contribution in [1.29, 1.82) is 0 Å². The first-order valence-electron chi connectivity index (χ1n) is 8.54. The zero-order chi connectivity index (χ0) is 13.9. The fourth-order valence-corrected chi connectivity index (χ4v) is 3.91. The molecule has 1 unspecified atom stereocenters. The molecule has 20 heavy (non-hydrogen) atoms. The third-order valence-corrected chi connectivity index (χ3v) is 5.29. The van der Waals surface area contributed by atoms with Crippen LogP contribution in [0.5, 0.6) is 0 Å². The number of aliphatic imine (C=N–C) groups is 1. The summed E-state index contributed by atoms with van der Waals surface area (Å²) in [6.45, 7) is 7.12. The second-order valence-corrected chi connectivity index (χ2v) is 7.06. The first kappa shape index (κ1) is 14.2. The number of guanidine groups is 1. The Morgan fingerprint density at radius 1 is 1.05 bits per heavy atom. The van der Waals surface area contributed by atoms with Crippen molar-refractivity contribution in [3.63, 3.8) is 0 Å². The summed E-state index contributed by atoms with van der Waals surface area (Å²) in [5.74, 6) is 1.57. The van der Waals surface area contributed by atoms with Gasteiger partial charge in [0.25, 0.3) is 0 Å². The van der Waals surface area contributed by atoms with Gasteiger partial charge in [-0.2, -0.15) is 0 Å². The van der Waals surface area contributed by atoms with Crippen molar-refractivity contribution in [2.24, 2.45) is 16.6 Å². The summed E-state index contributed by atoms with van der Waals surface area (Å²) in [6, 6.07) is 1.27. The number of likely N-dealkylation sites (tertiary alicyclic amines) is 2. The van der Waals surface area contributed by atoms with Crippen LogP contribution >= 0.6 is 0 Å². The van der Waals surface area contributed by atoms with E-state index >= 15 is 0 Å². The molecule has 114 valence electrons. The predicted molar refractivity (Wildman–Crippen MR) is 83.8 cm³/mol. The molecule has 4 heteroatoms. The molecule has 0 bridgehead atoms. The quantitative estimate of drug-likeness (QED) is 0.621. The van der Waals surface area contributed by atoms with Crippen LogP contribution in [0.4, 0.5) is 0 Å². The van der Waals surface area contributed by atoms with Crippen LogP contribution in [-0.4, -0.2) is 54.0 Å². The van der Waals surface area contributed by atoms with Gasteiger partial charge < -0.3 is 15.5 Å². The molecule has 3 aliphatic rings. The van der Waals surface area contributed by atoms with Crippen LogP contribution < -0.4 is 5.73 Å². The second kappa shape index (κ2) is 6.33. The molecule has 1 saturated carbocycles. The predicted octanol–water partition coefficient (Wildman–Crippen LogP) is 2.05. The van der Waals surface area contributed by atoms with Gasteiger partial charge in [0.15, 0.2) is 5.96 Å². The van der Waals surface area contributed by atoms with Gasteiger partial charge in [-0.25, -0.2) is 4.99 Å². The second-order valence-electron chi connectivity index (χ2n) is 7.06. The van der Waals surface area contributed by atoms with Crippen molar-refractivity contribution in [3.8, 4) is 0 Å². The topological polar surface area (TPSA) is 44.9 Å². The Morgan fingerprint density at radius 2 is 1.80 bits per heavy atom. The molecule has 1 atom stereocenters. The lowest BCUT2D eigenvalue weighted by Crippen LogP contribution is -2.50. The van der Waals surface area contributed by atoms with Gasteiger partial charge in [-0.1, -0.05) is 13.3 Å². The lowest BCUT2D eigenvalue weighted by atomic mass is 9.85. The summed E-state index contributed by atoms with van der Waals surface area (Å²) in [6.07, 6.45) is 9.25. The van der Waals surface area contributed by atoms with Gasteiger partial charge in [-0.3, -0.25) is 0 Å². The molecule has 3 rings (SSSR count). The van der Waals surface area contributed by atoms with Crippen LogP contribution in [0, 0.1) is 5.92 Å². The highest BCUT2D eigenvalue weighted by atomic mass is 15.3. The third kappa shape index (κ3) is 3.27. The fraction of sp³-hybridized carbons (Fsp3) is 0.938. The smallest absolute Gasteiger partial charge is 0.191 e. The molecule has 2 heterocycles. The molecule has 0 spiro atoms. The standard InChI is InChI=1S/C16H30N4/c1-13-6-5-9-20(12-13)16(17)18-14-10-15(11-14)19-7-3-2-4-8-19/h13-15H,2-12H2,1H3,(H2,17,18). The lowest BCUT2D eigenvalue weighted by Gasteiger charge is -2.43. The molecule has 3 fully saturated rings.